The van der Waals surface area contributed by atoms with Gasteiger partial charge in [0.15, 0.2) is 0 Å². The summed E-state index contributed by atoms with van der Waals surface area (Å²) in [6.07, 6.45) is 0.668. The van der Waals surface area contributed by atoms with Gasteiger partial charge in [0.25, 0.3) is 0 Å². The molecule has 1 heterocycles. The second-order valence-electron chi connectivity index (χ2n) is 3.77. The molecule has 0 saturated heterocycles. The quantitative estimate of drug-likeness (QED) is 0.891. The van der Waals surface area contributed by atoms with Crippen LogP contribution in [0.3, 0.4) is 0 Å². The summed E-state index contributed by atoms with van der Waals surface area (Å²) in [5.74, 6) is 1.63. The van der Waals surface area contributed by atoms with Crippen molar-refractivity contribution in [2.75, 3.05) is 5.75 Å². The standard InChI is InChI=1S/C11H13BrOS/c1-7(13)4-8-6-14-11-3-2-9(12)5-10(8)11/h2-3,5,7-8,13H,4,6H2,1H3. The molecule has 0 saturated carbocycles. The SMILES string of the molecule is CC(O)CC1CSc2ccc(Br)cc21. The Hall–Kier alpha value is 0.01000. The fourth-order valence-corrected chi connectivity index (χ4v) is 3.49. The minimum atomic E-state index is -0.203. The highest BCUT2D eigenvalue weighted by Gasteiger charge is 2.24. The number of thioether (sulfide) groups is 1. The van der Waals surface area contributed by atoms with Crippen LogP contribution in [0, 0.1) is 0 Å². The van der Waals surface area contributed by atoms with Crippen LogP contribution in [0.2, 0.25) is 0 Å². The van der Waals surface area contributed by atoms with Crippen molar-refractivity contribution in [1.82, 2.24) is 0 Å². The molecule has 1 aromatic rings. The van der Waals surface area contributed by atoms with Crippen LogP contribution in [0.1, 0.15) is 24.8 Å². The predicted octanol–water partition coefficient (Wildman–Crippen LogP) is 3.41. The molecule has 0 radical (unpaired) electrons. The zero-order chi connectivity index (χ0) is 10.1. The van der Waals surface area contributed by atoms with Gasteiger partial charge in [0.05, 0.1) is 6.10 Å². The molecule has 0 bridgehead atoms. The van der Waals surface area contributed by atoms with E-state index in [9.17, 15) is 5.11 Å². The van der Waals surface area contributed by atoms with Gasteiger partial charge in [0, 0.05) is 15.1 Å². The minimum Gasteiger partial charge on any atom is -0.393 e. The fourth-order valence-electron chi connectivity index (χ4n) is 1.86. The number of rotatable bonds is 2. The number of benzene rings is 1. The first-order chi connectivity index (χ1) is 6.66. The number of halogens is 1. The molecule has 1 aromatic carbocycles. The van der Waals surface area contributed by atoms with E-state index in [1.807, 2.05) is 18.7 Å². The van der Waals surface area contributed by atoms with Gasteiger partial charge in [-0.15, -0.1) is 11.8 Å². The summed E-state index contributed by atoms with van der Waals surface area (Å²) >= 11 is 5.38. The number of fused-ring (bicyclic) bond motifs is 1. The highest BCUT2D eigenvalue weighted by molar-refractivity contribution is 9.10. The molecule has 1 N–H and O–H groups in total. The predicted molar refractivity (Wildman–Crippen MR) is 63.9 cm³/mol. The molecule has 0 amide bonds. The Bertz CT molecular complexity index is 338. The third kappa shape index (κ3) is 2.15. The van der Waals surface area contributed by atoms with Gasteiger partial charge in [-0.3, -0.25) is 0 Å². The molecule has 2 unspecified atom stereocenters. The largest absolute Gasteiger partial charge is 0.393 e. The maximum absolute atomic E-state index is 9.39. The molecular formula is C11H13BrOS. The number of aliphatic hydroxyl groups is 1. The first kappa shape index (κ1) is 10.5. The van der Waals surface area contributed by atoms with Gasteiger partial charge in [-0.25, -0.2) is 0 Å². The lowest BCUT2D eigenvalue weighted by Crippen LogP contribution is -2.07. The van der Waals surface area contributed by atoms with Crippen LogP contribution < -0.4 is 0 Å². The summed E-state index contributed by atoms with van der Waals surface area (Å²) in [5.41, 5.74) is 1.39. The number of hydrogen-bond acceptors (Lipinski definition) is 2. The van der Waals surface area contributed by atoms with Crippen molar-refractivity contribution in [3.05, 3.63) is 28.2 Å². The first-order valence-corrected chi connectivity index (χ1v) is 6.55. The average molecular weight is 273 g/mol. The third-order valence-electron chi connectivity index (χ3n) is 2.48. The second-order valence-corrected chi connectivity index (χ2v) is 5.75. The molecule has 1 aliphatic rings. The summed E-state index contributed by atoms with van der Waals surface area (Å²) < 4.78 is 1.13. The third-order valence-corrected chi connectivity index (χ3v) is 4.22. The van der Waals surface area contributed by atoms with Crippen LogP contribution in [-0.4, -0.2) is 17.0 Å². The van der Waals surface area contributed by atoms with Gasteiger partial charge in [-0.2, -0.15) is 0 Å². The Morgan fingerprint density at radius 2 is 2.43 bits per heavy atom. The summed E-state index contributed by atoms with van der Waals surface area (Å²) in [7, 11) is 0. The van der Waals surface area contributed by atoms with E-state index in [-0.39, 0.29) is 6.10 Å². The lowest BCUT2D eigenvalue weighted by Gasteiger charge is -2.12. The zero-order valence-electron chi connectivity index (χ0n) is 8.03. The van der Waals surface area contributed by atoms with Crippen molar-refractivity contribution in [2.45, 2.75) is 30.3 Å². The van der Waals surface area contributed by atoms with Gasteiger partial charge in [0.1, 0.15) is 0 Å². The Balaban J connectivity index is 2.24. The van der Waals surface area contributed by atoms with E-state index in [1.165, 1.54) is 10.5 Å². The van der Waals surface area contributed by atoms with Crippen LogP contribution in [0.5, 0.6) is 0 Å². The number of hydrogen-bond donors (Lipinski definition) is 1. The van der Waals surface area contributed by atoms with Gasteiger partial charge in [-0.05, 0) is 43.0 Å². The molecule has 0 spiro atoms. The molecule has 2 rings (SSSR count). The molecule has 3 heteroatoms. The smallest absolute Gasteiger partial charge is 0.0518 e. The van der Waals surface area contributed by atoms with E-state index in [2.05, 4.69) is 34.1 Å². The molecule has 14 heavy (non-hydrogen) atoms. The van der Waals surface area contributed by atoms with Crippen molar-refractivity contribution in [2.24, 2.45) is 0 Å². The Morgan fingerprint density at radius 1 is 1.64 bits per heavy atom. The van der Waals surface area contributed by atoms with Crippen molar-refractivity contribution in [3.63, 3.8) is 0 Å². The highest BCUT2D eigenvalue weighted by Crippen LogP contribution is 2.42. The van der Waals surface area contributed by atoms with Gasteiger partial charge >= 0.3 is 0 Å². The minimum absolute atomic E-state index is 0.203. The lowest BCUT2D eigenvalue weighted by atomic mass is 9.96. The maximum Gasteiger partial charge on any atom is 0.0518 e. The van der Waals surface area contributed by atoms with Crippen molar-refractivity contribution in [3.8, 4) is 0 Å². The monoisotopic (exact) mass is 272 g/mol. The Labute approximate surface area is 97.0 Å². The summed E-state index contributed by atoms with van der Waals surface area (Å²) in [6, 6.07) is 6.42. The van der Waals surface area contributed by atoms with Crippen LogP contribution in [0.4, 0.5) is 0 Å². The van der Waals surface area contributed by atoms with Crippen molar-refractivity contribution in [1.29, 1.82) is 0 Å². The molecule has 0 aromatic heterocycles. The van der Waals surface area contributed by atoms with Gasteiger partial charge < -0.3 is 5.11 Å². The Morgan fingerprint density at radius 3 is 3.14 bits per heavy atom. The molecule has 0 aliphatic carbocycles. The van der Waals surface area contributed by atoms with E-state index >= 15 is 0 Å². The molecule has 0 fully saturated rings. The van der Waals surface area contributed by atoms with Crippen LogP contribution in [0.15, 0.2) is 27.6 Å². The summed E-state index contributed by atoms with van der Waals surface area (Å²) in [5, 5.41) is 9.39. The van der Waals surface area contributed by atoms with E-state index in [0.29, 0.717) is 5.92 Å². The molecule has 2 atom stereocenters. The van der Waals surface area contributed by atoms with E-state index in [1.54, 1.807) is 0 Å². The molecule has 1 aliphatic heterocycles. The average Bonchev–Trinajstić information content (AvgIpc) is 2.47. The second kappa shape index (κ2) is 4.25. The topological polar surface area (TPSA) is 20.2 Å². The molecule has 76 valence electrons. The highest BCUT2D eigenvalue weighted by atomic mass is 79.9. The number of aliphatic hydroxyl groups excluding tert-OH is 1. The zero-order valence-corrected chi connectivity index (χ0v) is 10.4. The van der Waals surface area contributed by atoms with E-state index < -0.39 is 0 Å². The maximum atomic E-state index is 9.39. The summed E-state index contributed by atoms with van der Waals surface area (Å²) in [4.78, 5) is 1.37. The van der Waals surface area contributed by atoms with Crippen molar-refractivity contribution < 1.29 is 5.11 Å². The van der Waals surface area contributed by atoms with Gasteiger partial charge in [0.2, 0.25) is 0 Å². The van der Waals surface area contributed by atoms with Crippen LogP contribution in [-0.2, 0) is 0 Å². The van der Waals surface area contributed by atoms with E-state index in [4.69, 9.17) is 0 Å². The van der Waals surface area contributed by atoms with Crippen molar-refractivity contribution >= 4 is 27.7 Å². The normalized spacial score (nSPS) is 22.1. The van der Waals surface area contributed by atoms with E-state index in [0.717, 1.165) is 16.6 Å². The lowest BCUT2D eigenvalue weighted by molar-refractivity contribution is 0.177. The Kier molecular flexibility index (Phi) is 3.20. The van der Waals surface area contributed by atoms with Crippen LogP contribution in [0.25, 0.3) is 0 Å². The molecule has 1 nitrogen and oxygen atoms in total. The first-order valence-electron chi connectivity index (χ1n) is 4.77. The fraction of sp³-hybridized carbons (Fsp3) is 0.455. The summed E-state index contributed by atoms with van der Waals surface area (Å²) in [6.45, 7) is 1.86. The van der Waals surface area contributed by atoms with Crippen LogP contribution >= 0.6 is 27.7 Å². The molecular weight excluding hydrogens is 260 g/mol. The van der Waals surface area contributed by atoms with Gasteiger partial charge in [-0.1, -0.05) is 15.9 Å².